The Balaban J connectivity index is 1.25. The lowest BCUT2D eigenvalue weighted by atomic mass is 9.78. The average molecular weight is 500 g/mol. The van der Waals surface area contributed by atoms with E-state index in [1.807, 2.05) is 6.07 Å². The first-order chi connectivity index (χ1) is 17.6. The molecule has 1 aromatic rings. The third kappa shape index (κ3) is 5.53. The maximum Gasteiger partial charge on any atom is 0.240 e. The van der Waals surface area contributed by atoms with Crippen molar-refractivity contribution >= 4 is 5.91 Å². The van der Waals surface area contributed by atoms with Gasteiger partial charge >= 0.3 is 0 Å². The van der Waals surface area contributed by atoms with Crippen molar-refractivity contribution in [3.63, 3.8) is 0 Å². The molecule has 1 spiro atoms. The van der Waals surface area contributed by atoms with E-state index in [0.29, 0.717) is 19.1 Å². The highest BCUT2D eigenvalue weighted by Crippen LogP contribution is 2.38. The molecular formula is C29H45N3O4. The lowest BCUT2D eigenvalue weighted by Gasteiger charge is -2.56. The molecule has 0 radical (unpaired) electrons. The number of ether oxygens (including phenoxy) is 2. The minimum absolute atomic E-state index is 0.224. The number of unbranched alkanes of at least 4 members (excludes halogenated alkanes) is 2. The minimum Gasteiger partial charge on any atom is -0.486 e. The molecule has 2 saturated heterocycles. The van der Waals surface area contributed by atoms with Crippen molar-refractivity contribution in [2.75, 3.05) is 32.8 Å². The van der Waals surface area contributed by atoms with E-state index in [4.69, 9.17) is 9.47 Å². The Morgan fingerprint density at radius 1 is 1.06 bits per heavy atom. The highest BCUT2D eigenvalue weighted by Gasteiger charge is 2.53. The SMILES string of the molecule is CCCCCN1C(=O)C(CC2CCCCC2)NC(O)C12CCN(Cc1ccc3c(c1)OCCO3)CC2. The maximum absolute atomic E-state index is 13.8. The van der Waals surface area contributed by atoms with Gasteiger partial charge in [0.25, 0.3) is 0 Å². The van der Waals surface area contributed by atoms with E-state index in [2.05, 4.69) is 34.2 Å². The second-order valence-corrected chi connectivity index (χ2v) is 11.4. The van der Waals surface area contributed by atoms with Gasteiger partial charge in [-0.1, -0.05) is 57.9 Å². The predicted molar refractivity (Wildman–Crippen MR) is 140 cm³/mol. The zero-order valence-corrected chi connectivity index (χ0v) is 22.1. The van der Waals surface area contributed by atoms with Gasteiger partial charge in [0.05, 0.1) is 11.6 Å². The molecule has 7 nitrogen and oxygen atoms in total. The molecule has 1 saturated carbocycles. The summed E-state index contributed by atoms with van der Waals surface area (Å²) in [4.78, 5) is 18.4. The maximum atomic E-state index is 13.8. The smallest absolute Gasteiger partial charge is 0.240 e. The number of hydrogen-bond donors (Lipinski definition) is 2. The summed E-state index contributed by atoms with van der Waals surface area (Å²) in [6, 6.07) is 5.97. The first-order valence-corrected chi connectivity index (χ1v) is 14.5. The molecule has 1 aromatic carbocycles. The first-order valence-electron chi connectivity index (χ1n) is 14.5. The number of rotatable bonds is 8. The number of nitrogens with one attached hydrogen (secondary N) is 1. The Labute approximate surface area is 216 Å². The molecular weight excluding hydrogens is 454 g/mol. The Kier molecular flexibility index (Phi) is 8.39. The number of piperazine rings is 1. The van der Waals surface area contributed by atoms with Gasteiger partial charge in [-0.25, -0.2) is 0 Å². The van der Waals surface area contributed by atoms with Crippen molar-refractivity contribution in [2.24, 2.45) is 5.92 Å². The van der Waals surface area contributed by atoms with Gasteiger partial charge in [-0.05, 0) is 49.3 Å². The summed E-state index contributed by atoms with van der Waals surface area (Å²) < 4.78 is 11.4. The van der Waals surface area contributed by atoms with Crippen molar-refractivity contribution in [3.05, 3.63) is 23.8 Å². The van der Waals surface area contributed by atoms with Gasteiger partial charge in [0.2, 0.25) is 5.91 Å². The van der Waals surface area contributed by atoms with Crippen LogP contribution < -0.4 is 14.8 Å². The predicted octanol–water partition coefficient (Wildman–Crippen LogP) is 4.07. The average Bonchev–Trinajstić information content (AvgIpc) is 2.91. The molecule has 3 heterocycles. The van der Waals surface area contributed by atoms with Crippen LogP contribution in [0.2, 0.25) is 0 Å². The molecule has 1 aliphatic carbocycles. The van der Waals surface area contributed by atoms with E-state index >= 15 is 0 Å². The van der Waals surface area contributed by atoms with Crippen LogP contribution in [-0.4, -0.2) is 71.5 Å². The number of fused-ring (bicyclic) bond motifs is 1. The van der Waals surface area contributed by atoms with Crippen LogP contribution in [0.4, 0.5) is 0 Å². The Hall–Kier alpha value is -1.83. The van der Waals surface area contributed by atoms with Gasteiger partial charge in [-0.2, -0.15) is 0 Å². The fourth-order valence-corrected chi connectivity index (χ4v) is 6.84. The van der Waals surface area contributed by atoms with Crippen molar-refractivity contribution in [2.45, 2.75) is 102 Å². The van der Waals surface area contributed by atoms with Gasteiger partial charge < -0.3 is 19.5 Å². The molecule has 7 heteroatoms. The van der Waals surface area contributed by atoms with Crippen LogP contribution in [0.5, 0.6) is 11.5 Å². The van der Waals surface area contributed by atoms with Crippen molar-refractivity contribution in [1.82, 2.24) is 15.1 Å². The van der Waals surface area contributed by atoms with Crippen molar-refractivity contribution in [3.8, 4) is 11.5 Å². The van der Waals surface area contributed by atoms with E-state index in [0.717, 1.165) is 76.2 Å². The Morgan fingerprint density at radius 2 is 1.81 bits per heavy atom. The molecule has 3 aliphatic heterocycles. The van der Waals surface area contributed by atoms with Crippen LogP contribution >= 0.6 is 0 Å². The molecule has 2 atom stereocenters. The summed E-state index contributed by atoms with van der Waals surface area (Å²) >= 11 is 0. The van der Waals surface area contributed by atoms with Crippen molar-refractivity contribution in [1.29, 1.82) is 0 Å². The molecule has 36 heavy (non-hydrogen) atoms. The van der Waals surface area contributed by atoms with E-state index in [1.165, 1.54) is 37.7 Å². The van der Waals surface area contributed by atoms with Crippen LogP contribution in [0.15, 0.2) is 18.2 Å². The summed E-state index contributed by atoms with van der Waals surface area (Å²) in [6.45, 7) is 6.71. The normalized spacial score (nSPS) is 26.9. The molecule has 200 valence electrons. The third-order valence-corrected chi connectivity index (χ3v) is 8.98. The summed E-state index contributed by atoms with van der Waals surface area (Å²) in [6.07, 6.45) is 11.4. The highest BCUT2D eigenvalue weighted by molar-refractivity contribution is 5.84. The largest absolute Gasteiger partial charge is 0.486 e. The third-order valence-electron chi connectivity index (χ3n) is 8.98. The Morgan fingerprint density at radius 3 is 2.56 bits per heavy atom. The first kappa shape index (κ1) is 25.8. The summed E-state index contributed by atoms with van der Waals surface area (Å²) in [5.41, 5.74) is 0.706. The van der Waals surface area contributed by atoms with Gasteiger partial charge in [0.1, 0.15) is 19.4 Å². The van der Waals surface area contributed by atoms with E-state index in [9.17, 15) is 9.90 Å². The monoisotopic (exact) mass is 499 g/mol. The lowest BCUT2D eigenvalue weighted by molar-refractivity contribution is -0.168. The highest BCUT2D eigenvalue weighted by atomic mass is 16.6. The Bertz CT molecular complexity index is 879. The molecule has 1 amide bonds. The van der Waals surface area contributed by atoms with Gasteiger partial charge in [0, 0.05) is 26.2 Å². The number of piperidine rings is 1. The second kappa shape index (κ2) is 11.7. The summed E-state index contributed by atoms with van der Waals surface area (Å²) in [7, 11) is 0. The number of amides is 1. The number of hydrogen-bond acceptors (Lipinski definition) is 6. The fraction of sp³-hybridized carbons (Fsp3) is 0.759. The van der Waals surface area contributed by atoms with Crippen LogP contribution in [0, 0.1) is 5.92 Å². The van der Waals surface area contributed by atoms with E-state index in [-0.39, 0.29) is 11.9 Å². The number of aliphatic hydroxyl groups is 1. The number of aliphatic hydroxyl groups excluding tert-OH is 1. The summed E-state index contributed by atoms with van der Waals surface area (Å²) in [5, 5.41) is 14.9. The molecule has 5 rings (SSSR count). The molecule has 0 aromatic heterocycles. The van der Waals surface area contributed by atoms with Crippen LogP contribution in [0.3, 0.4) is 0 Å². The lowest BCUT2D eigenvalue weighted by Crippen LogP contribution is -2.74. The van der Waals surface area contributed by atoms with Crippen molar-refractivity contribution < 1.29 is 19.4 Å². The van der Waals surface area contributed by atoms with Gasteiger partial charge in [-0.3, -0.25) is 15.0 Å². The fourth-order valence-electron chi connectivity index (χ4n) is 6.84. The van der Waals surface area contributed by atoms with Gasteiger partial charge in [-0.15, -0.1) is 0 Å². The number of carbonyl (C=O) groups excluding carboxylic acids is 1. The van der Waals surface area contributed by atoms with Crippen LogP contribution in [-0.2, 0) is 11.3 Å². The minimum atomic E-state index is -0.665. The van der Waals surface area contributed by atoms with Gasteiger partial charge in [0.15, 0.2) is 11.5 Å². The van der Waals surface area contributed by atoms with E-state index in [1.54, 1.807) is 0 Å². The second-order valence-electron chi connectivity index (χ2n) is 11.4. The summed E-state index contributed by atoms with van der Waals surface area (Å²) in [5.74, 6) is 2.48. The van der Waals surface area contributed by atoms with Crippen LogP contribution in [0.25, 0.3) is 0 Å². The molecule has 2 unspecified atom stereocenters. The molecule has 0 bridgehead atoms. The van der Waals surface area contributed by atoms with Crippen LogP contribution in [0.1, 0.15) is 83.1 Å². The standard InChI is InChI=1S/C29H45N3O4/c1-2-3-7-14-32-27(33)24(19-22-8-5-4-6-9-22)30-28(34)29(32)12-15-31(16-13-29)21-23-10-11-25-26(20-23)36-18-17-35-25/h10-11,20,22,24,28,30,34H,2-9,12-19,21H2,1H3. The number of nitrogens with zero attached hydrogens (tertiary/aromatic N) is 2. The zero-order chi connectivity index (χ0) is 25.0. The number of likely N-dealkylation sites (tertiary alicyclic amines) is 1. The molecule has 4 aliphatic rings. The zero-order valence-electron chi connectivity index (χ0n) is 22.1. The topological polar surface area (TPSA) is 74.3 Å². The quantitative estimate of drug-likeness (QED) is 0.525. The molecule has 3 fully saturated rings. The number of benzene rings is 1. The number of carbonyl (C=O) groups is 1. The molecule has 2 N–H and O–H groups in total. The van der Waals surface area contributed by atoms with E-state index < -0.39 is 11.8 Å².